The van der Waals surface area contributed by atoms with Gasteiger partial charge in [0.15, 0.2) is 20.5 Å². The van der Waals surface area contributed by atoms with E-state index >= 15 is 0 Å². The molecule has 0 aliphatic heterocycles. The largest absolute Gasteiger partial charge is 0.493 e. The number of benzene rings is 1. The number of nitrogens with zero attached hydrogens (tertiary/aromatic N) is 1. The minimum atomic E-state index is -1.23. The Bertz CT molecular complexity index is 436. The lowest BCUT2D eigenvalue weighted by molar-refractivity contribution is -0.385. The van der Waals surface area contributed by atoms with Gasteiger partial charge in [0.1, 0.15) is 0 Å². The van der Waals surface area contributed by atoms with Crippen molar-refractivity contribution in [3.8, 4) is 11.5 Å². The van der Waals surface area contributed by atoms with Gasteiger partial charge in [0.2, 0.25) is 0 Å². The summed E-state index contributed by atoms with van der Waals surface area (Å²) in [6.07, 6.45) is 0. The van der Waals surface area contributed by atoms with Gasteiger partial charge in [-0.05, 0) is 19.2 Å². The van der Waals surface area contributed by atoms with E-state index in [9.17, 15) is 10.1 Å². The van der Waals surface area contributed by atoms with Crippen molar-refractivity contribution in [2.24, 2.45) is 0 Å². The van der Waals surface area contributed by atoms with Crippen LogP contribution in [0.2, 0.25) is 13.1 Å². The molecule has 0 radical (unpaired) electrons. The molecule has 0 aliphatic carbocycles. The van der Waals surface area contributed by atoms with Crippen molar-refractivity contribution in [2.75, 3.05) is 14.2 Å². The Balaban J connectivity index is 3.16. The van der Waals surface area contributed by atoms with Crippen LogP contribution in [-0.4, -0.2) is 28.2 Å². The number of nitro benzene ring substituents is 1. The lowest BCUT2D eigenvalue weighted by Crippen LogP contribution is -2.09. The number of methoxy groups -OCH3 is 2. The smallest absolute Gasteiger partial charge is 0.278 e. The average molecular weight is 271 g/mol. The lowest BCUT2D eigenvalue weighted by atomic mass is 10.1. The van der Waals surface area contributed by atoms with Crippen LogP contribution in [0.5, 0.6) is 11.5 Å². The summed E-state index contributed by atoms with van der Waals surface area (Å²) in [5, 5.41) is 11.0. The van der Waals surface area contributed by atoms with Crippen molar-refractivity contribution in [3.05, 3.63) is 27.8 Å². The van der Waals surface area contributed by atoms with Crippen LogP contribution in [0.25, 0.3) is 0 Å². The topological polar surface area (TPSA) is 70.8 Å². The lowest BCUT2D eigenvalue weighted by Gasteiger charge is -2.12. The minimum Gasteiger partial charge on any atom is -0.493 e. The Hall–Kier alpha value is -1.60. The van der Waals surface area contributed by atoms with Crippen LogP contribution in [-0.2, 0) is 11.0 Å². The fraction of sp³-hybridized carbons (Fsp3) is 0.455. The van der Waals surface area contributed by atoms with Crippen molar-refractivity contribution in [1.29, 1.82) is 0 Å². The van der Waals surface area contributed by atoms with Crippen molar-refractivity contribution >= 4 is 14.7 Å². The molecule has 0 saturated carbocycles. The summed E-state index contributed by atoms with van der Waals surface area (Å²) in [6.45, 7) is 4.24. The van der Waals surface area contributed by atoms with E-state index in [4.69, 9.17) is 13.9 Å². The standard InChI is InChI=1S/C11H17NO5Si/c1-15-10-5-8(7-17-18(3)4)9(12(13)14)6-11(10)16-2/h5-6,18H,7H2,1-4H3. The Morgan fingerprint density at radius 2 is 1.78 bits per heavy atom. The zero-order valence-corrected chi connectivity index (χ0v) is 12.1. The van der Waals surface area contributed by atoms with Gasteiger partial charge in [-0.15, -0.1) is 0 Å². The van der Waals surface area contributed by atoms with Gasteiger partial charge in [0, 0.05) is 0 Å². The first-order valence-electron chi connectivity index (χ1n) is 5.50. The monoisotopic (exact) mass is 271 g/mol. The van der Waals surface area contributed by atoms with Crippen LogP contribution in [0.15, 0.2) is 12.1 Å². The number of nitro groups is 1. The quantitative estimate of drug-likeness (QED) is 0.450. The Kier molecular flexibility index (Phi) is 5.11. The molecule has 6 nitrogen and oxygen atoms in total. The zero-order chi connectivity index (χ0) is 13.7. The Morgan fingerprint density at radius 3 is 2.22 bits per heavy atom. The SMILES string of the molecule is COc1cc(CO[SiH](C)C)c([N+](=O)[O-])cc1OC. The maximum atomic E-state index is 11.0. The number of hydrogen-bond acceptors (Lipinski definition) is 5. The van der Waals surface area contributed by atoms with E-state index in [0.29, 0.717) is 17.1 Å². The molecule has 0 amide bonds. The Morgan fingerprint density at radius 1 is 1.22 bits per heavy atom. The fourth-order valence-corrected chi connectivity index (χ4v) is 1.97. The summed E-state index contributed by atoms with van der Waals surface area (Å²) in [4.78, 5) is 10.6. The first-order valence-corrected chi connectivity index (χ1v) is 8.28. The molecule has 0 saturated heterocycles. The van der Waals surface area contributed by atoms with E-state index in [0.717, 1.165) is 0 Å². The normalized spacial score (nSPS) is 10.5. The Labute approximate surface area is 107 Å². The van der Waals surface area contributed by atoms with E-state index in [-0.39, 0.29) is 12.3 Å². The van der Waals surface area contributed by atoms with Gasteiger partial charge in [-0.25, -0.2) is 0 Å². The highest BCUT2D eigenvalue weighted by molar-refractivity contribution is 6.48. The molecule has 0 aliphatic rings. The third kappa shape index (κ3) is 3.44. The highest BCUT2D eigenvalue weighted by atomic mass is 28.3. The van der Waals surface area contributed by atoms with E-state index in [1.807, 2.05) is 13.1 Å². The summed E-state index contributed by atoms with van der Waals surface area (Å²) in [6, 6.07) is 2.95. The first kappa shape index (κ1) is 14.5. The van der Waals surface area contributed by atoms with E-state index < -0.39 is 14.0 Å². The second-order valence-electron chi connectivity index (χ2n) is 3.95. The van der Waals surface area contributed by atoms with E-state index in [1.165, 1.54) is 20.3 Å². The molecule has 0 heterocycles. The second kappa shape index (κ2) is 6.36. The van der Waals surface area contributed by atoms with Gasteiger partial charge >= 0.3 is 0 Å². The van der Waals surface area contributed by atoms with Crippen LogP contribution in [0.1, 0.15) is 5.56 Å². The summed E-state index contributed by atoms with van der Waals surface area (Å²) < 4.78 is 15.7. The molecule has 0 fully saturated rings. The molecule has 18 heavy (non-hydrogen) atoms. The van der Waals surface area contributed by atoms with Crippen LogP contribution < -0.4 is 9.47 Å². The zero-order valence-electron chi connectivity index (χ0n) is 10.9. The fourth-order valence-electron chi connectivity index (χ4n) is 1.45. The van der Waals surface area contributed by atoms with Crippen molar-refractivity contribution in [2.45, 2.75) is 19.7 Å². The van der Waals surface area contributed by atoms with E-state index in [2.05, 4.69) is 0 Å². The molecule has 1 aromatic rings. The molecule has 1 rings (SSSR count). The molecular formula is C11H17NO5Si. The molecule has 100 valence electrons. The summed E-state index contributed by atoms with van der Waals surface area (Å²) in [5.74, 6) is 0.807. The van der Waals surface area contributed by atoms with Gasteiger partial charge in [-0.2, -0.15) is 0 Å². The molecule has 0 N–H and O–H groups in total. The molecule has 0 bridgehead atoms. The molecule has 1 aromatic carbocycles. The van der Waals surface area contributed by atoms with Crippen LogP contribution in [0, 0.1) is 10.1 Å². The maximum Gasteiger partial charge on any atom is 0.278 e. The average Bonchev–Trinajstić information content (AvgIpc) is 2.34. The second-order valence-corrected chi connectivity index (χ2v) is 6.38. The van der Waals surface area contributed by atoms with Gasteiger partial charge in [0.25, 0.3) is 5.69 Å². The third-order valence-corrected chi connectivity index (χ3v) is 3.19. The first-order chi connectivity index (χ1) is 8.49. The van der Waals surface area contributed by atoms with Crippen molar-refractivity contribution in [3.63, 3.8) is 0 Å². The summed E-state index contributed by atoms with van der Waals surface area (Å²) in [5.41, 5.74) is 0.487. The maximum absolute atomic E-state index is 11.0. The molecule has 7 heteroatoms. The third-order valence-electron chi connectivity index (χ3n) is 2.35. The van der Waals surface area contributed by atoms with Crippen LogP contribution in [0.4, 0.5) is 5.69 Å². The number of rotatable bonds is 6. The minimum absolute atomic E-state index is 0.0118. The number of ether oxygens (including phenoxy) is 2. The van der Waals surface area contributed by atoms with Crippen LogP contribution >= 0.6 is 0 Å². The summed E-state index contributed by atoms with van der Waals surface area (Å²) >= 11 is 0. The predicted molar refractivity (Wildman–Crippen MR) is 69.9 cm³/mol. The molecular weight excluding hydrogens is 254 g/mol. The van der Waals surface area contributed by atoms with Gasteiger partial charge < -0.3 is 13.9 Å². The molecule has 0 aromatic heterocycles. The van der Waals surface area contributed by atoms with Gasteiger partial charge in [-0.1, -0.05) is 0 Å². The molecule has 0 atom stereocenters. The molecule has 0 unspecified atom stereocenters. The highest BCUT2D eigenvalue weighted by Crippen LogP contribution is 2.34. The highest BCUT2D eigenvalue weighted by Gasteiger charge is 2.19. The predicted octanol–water partition coefficient (Wildman–Crippen LogP) is 2.11. The number of hydrogen-bond donors (Lipinski definition) is 0. The molecule has 0 spiro atoms. The van der Waals surface area contributed by atoms with Crippen molar-refractivity contribution < 1.29 is 18.8 Å². The van der Waals surface area contributed by atoms with Gasteiger partial charge in [0.05, 0.1) is 37.4 Å². The summed E-state index contributed by atoms with van der Waals surface area (Å²) in [7, 11) is 1.70. The van der Waals surface area contributed by atoms with Crippen molar-refractivity contribution in [1.82, 2.24) is 0 Å². The van der Waals surface area contributed by atoms with E-state index in [1.54, 1.807) is 6.07 Å². The van der Waals surface area contributed by atoms with Crippen LogP contribution in [0.3, 0.4) is 0 Å². The van der Waals surface area contributed by atoms with Gasteiger partial charge in [-0.3, -0.25) is 10.1 Å².